The van der Waals surface area contributed by atoms with Crippen molar-refractivity contribution in [3.63, 3.8) is 0 Å². The topological polar surface area (TPSA) is 79.6 Å². The maximum Gasteiger partial charge on any atom is 0.410 e. The van der Waals surface area contributed by atoms with Gasteiger partial charge in [-0.3, -0.25) is 4.90 Å². The molecule has 0 aromatic heterocycles. The van der Waals surface area contributed by atoms with E-state index in [0.717, 1.165) is 5.56 Å². The average Bonchev–Trinajstić information content (AvgIpc) is 2.98. The summed E-state index contributed by atoms with van der Waals surface area (Å²) in [6, 6.07) is 10.6. The Kier molecular flexibility index (Phi) is 5.37. The summed E-state index contributed by atoms with van der Waals surface area (Å²) >= 11 is 0. The van der Waals surface area contributed by atoms with Crippen LogP contribution in [0.15, 0.2) is 30.3 Å². The number of rotatable bonds is 4. The number of nitrogens with zero attached hydrogens (tertiary/aromatic N) is 2. The van der Waals surface area contributed by atoms with Crippen LogP contribution >= 0.6 is 0 Å². The number of esters is 1. The van der Waals surface area contributed by atoms with E-state index in [1.54, 1.807) is 6.92 Å². The Morgan fingerprint density at radius 2 is 2.05 bits per heavy atom. The van der Waals surface area contributed by atoms with Gasteiger partial charge in [0.05, 0.1) is 18.6 Å². The van der Waals surface area contributed by atoms with Crippen molar-refractivity contribution in [3.8, 4) is 6.07 Å². The normalized spacial score (nSPS) is 20.3. The summed E-state index contributed by atoms with van der Waals surface area (Å²) in [6.45, 7) is 2.25. The second kappa shape index (κ2) is 7.46. The first-order valence-corrected chi connectivity index (χ1v) is 7.19. The fourth-order valence-corrected chi connectivity index (χ4v) is 2.40. The van der Waals surface area contributed by atoms with Gasteiger partial charge in [-0.15, -0.1) is 0 Å². The fourth-order valence-electron chi connectivity index (χ4n) is 2.40. The molecule has 0 spiro atoms. The molecule has 0 N–H and O–H groups in total. The lowest BCUT2D eigenvalue weighted by Gasteiger charge is -2.22. The number of likely N-dealkylation sites (tertiary alicyclic amines) is 1. The van der Waals surface area contributed by atoms with Gasteiger partial charge in [0.15, 0.2) is 0 Å². The standard InChI is InChI=1S/C16H18N2O4/c1-2-21-15(19)14-8-13(9-17)10-18(14)16(20)22-11-12-6-4-3-5-7-12/h3-7,13-14H,2,8,10-11H2,1H3/t13-,14-/m0/s1. The molecule has 1 aromatic rings. The first kappa shape index (κ1) is 15.8. The van der Waals surface area contributed by atoms with Crippen LogP contribution in [0.3, 0.4) is 0 Å². The lowest BCUT2D eigenvalue weighted by Crippen LogP contribution is -2.41. The van der Waals surface area contributed by atoms with E-state index in [-0.39, 0.29) is 32.1 Å². The first-order valence-electron chi connectivity index (χ1n) is 7.19. The summed E-state index contributed by atoms with van der Waals surface area (Å²) in [5.74, 6) is -0.865. The van der Waals surface area contributed by atoms with Crippen LogP contribution < -0.4 is 0 Å². The molecule has 1 heterocycles. The van der Waals surface area contributed by atoms with Crippen LogP contribution in [0.25, 0.3) is 0 Å². The molecule has 0 bridgehead atoms. The highest BCUT2D eigenvalue weighted by molar-refractivity contribution is 5.82. The molecule has 1 aromatic carbocycles. The number of ether oxygens (including phenoxy) is 2. The Hall–Kier alpha value is -2.55. The number of carbonyl (C=O) groups excluding carboxylic acids is 2. The summed E-state index contributed by atoms with van der Waals surface area (Å²) in [5.41, 5.74) is 0.861. The van der Waals surface area contributed by atoms with Gasteiger partial charge >= 0.3 is 12.1 Å². The molecule has 2 rings (SSSR count). The van der Waals surface area contributed by atoms with Crippen LogP contribution in [0.2, 0.25) is 0 Å². The molecule has 1 saturated heterocycles. The summed E-state index contributed by atoms with van der Waals surface area (Å²) < 4.78 is 10.2. The Balaban J connectivity index is 1.99. The predicted molar refractivity (Wildman–Crippen MR) is 77.5 cm³/mol. The van der Waals surface area contributed by atoms with Crippen LogP contribution in [0.1, 0.15) is 18.9 Å². The van der Waals surface area contributed by atoms with Gasteiger partial charge in [-0.2, -0.15) is 5.26 Å². The van der Waals surface area contributed by atoms with Gasteiger partial charge in [-0.25, -0.2) is 9.59 Å². The highest BCUT2D eigenvalue weighted by Crippen LogP contribution is 2.25. The van der Waals surface area contributed by atoms with Gasteiger partial charge in [0.2, 0.25) is 0 Å². The summed E-state index contributed by atoms with van der Waals surface area (Å²) in [7, 11) is 0. The highest BCUT2D eigenvalue weighted by Gasteiger charge is 2.41. The van der Waals surface area contributed by atoms with Crippen molar-refractivity contribution in [2.75, 3.05) is 13.2 Å². The average molecular weight is 302 g/mol. The molecule has 2 atom stereocenters. The van der Waals surface area contributed by atoms with Crippen molar-refractivity contribution in [3.05, 3.63) is 35.9 Å². The quantitative estimate of drug-likeness (QED) is 0.796. The zero-order valence-corrected chi connectivity index (χ0v) is 12.4. The van der Waals surface area contributed by atoms with Crippen molar-refractivity contribution in [1.82, 2.24) is 4.90 Å². The minimum atomic E-state index is -0.743. The molecule has 6 heteroatoms. The van der Waals surface area contributed by atoms with Crippen molar-refractivity contribution in [1.29, 1.82) is 5.26 Å². The minimum absolute atomic E-state index is 0.128. The molecule has 1 fully saturated rings. The van der Waals surface area contributed by atoms with Crippen LogP contribution in [-0.2, 0) is 20.9 Å². The largest absolute Gasteiger partial charge is 0.464 e. The molecule has 0 unspecified atom stereocenters. The Bertz CT molecular complexity index is 567. The number of nitriles is 1. The second-order valence-corrected chi connectivity index (χ2v) is 5.02. The zero-order valence-electron chi connectivity index (χ0n) is 12.4. The molecule has 6 nitrogen and oxygen atoms in total. The lowest BCUT2D eigenvalue weighted by atomic mass is 10.1. The second-order valence-electron chi connectivity index (χ2n) is 5.02. The molecule has 0 radical (unpaired) electrons. The maximum absolute atomic E-state index is 12.2. The van der Waals surface area contributed by atoms with E-state index in [0.29, 0.717) is 0 Å². The summed E-state index contributed by atoms with van der Waals surface area (Å²) in [6.07, 6.45) is -0.310. The molecular weight excluding hydrogens is 284 g/mol. The molecule has 1 aliphatic heterocycles. The Morgan fingerprint density at radius 3 is 2.68 bits per heavy atom. The molecule has 0 aliphatic carbocycles. The smallest absolute Gasteiger partial charge is 0.410 e. The third kappa shape index (κ3) is 3.76. The molecule has 0 saturated carbocycles. The van der Waals surface area contributed by atoms with Gasteiger partial charge in [0, 0.05) is 6.54 Å². The maximum atomic E-state index is 12.2. The van der Waals surface area contributed by atoms with Crippen LogP contribution in [0, 0.1) is 17.2 Å². The van der Waals surface area contributed by atoms with Crippen LogP contribution in [0.5, 0.6) is 0 Å². The van der Waals surface area contributed by atoms with E-state index < -0.39 is 18.1 Å². The van der Waals surface area contributed by atoms with E-state index in [4.69, 9.17) is 14.7 Å². The molecule has 116 valence electrons. The minimum Gasteiger partial charge on any atom is -0.464 e. The molecule has 1 aliphatic rings. The number of benzene rings is 1. The van der Waals surface area contributed by atoms with E-state index in [1.165, 1.54) is 4.90 Å². The van der Waals surface area contributed by atoms with Gasteiger partial charge in [-0.1, -0.05) is 30.3 Å². The molecular formula is C16H18N2O4. The summed E-state index contributed by atoms with van der Waals surface area (Å²) in [5, 5.41) is 9.02. The predicted octanol–water partition coefficient (Wildman–Crippen LogP) is 2.10. The van der Waals surface area contributed by atoms with Crippen molar-refractivity contribution < 1.29 is 19.1 Å². The van der Waals surface area contributed by atoms with Crippen LogP contribution in [-0.4, -0.2) is 36.2 Å². The van der Waals surface area contributed by atoms with Crippen LogP contribution in [0.4, 0.5) is 4.79 Å². The van der Waals surface area contributed by atoms with E-state index >= 15 is 0 Å². The molecule has 22 heavy (non-hydrogen) atoms. The van der Waals surface area contributed by atoms with Crippen molar-refractivity contribution in [2.45, 2.75) is 26.0 Å². The van der Waals surface area contributed by atoms with E-state index in [9.17, 15) is 9.59 Å². The van der Waals surface area contributed by atoms with E-state index in [2.05, 4.69) is 6.07 Å². The van der Waals surface area contributed by atoms with Gasteiger partial charge in [0.1, 0.15) is 12.6 Å². The van der Waals surface area contributed by atoms with Crippen molar-refractivity contribution in [2.24, 2.45) is 5.92 Å². The third-order valence-electron chi connectivity index (χ3n) is 3.48. The van der Waals surface area contributed by atoms with E-state index in [1.807, 2.05) is 30.3 Å². The first-order chi connectivity index (χ1) is 10.7. The Morgan fingerprint density at radius 1 is 1.32 bits per heavy atom. The highest BCUT2D eigenvalue weighted by atomic mass is 16.6. The van der Waals surface area contributed by atoms with Gasteiger partial charge in [-0.05, 0) is 18.9 Å². The number of hydrogen-bond acceptors (Lipinski definition) is 5. The molecule has 1 amide bonds. The third-order valence-corrected chi connectivity index (χ3v) is 3.48. The van der Waals surface area contributed by atoms with Gasteiger partial charge in [0.25, 0.3) is 0 Å². The summed E-state index contributed by atoms with van der Waals surface area (Å²) in [4.78, 5) is 25.4. The number of carbonyl (C=O) groups is 2. The Labute approximate surface area is 129 Å². The number of hydrogen-bond donors (Lipinski definition) is 0. The van der Waals surface area contributed by atoms with Crippen molar-refractivity contribution >= 4 is 12.1 Å². The fraction of sp³-hybridized carbons (Fsp3) is 0.438. The lowest BCUT2D eigenvalue weighted by molar-refractivity contribution is -0.147. The SMILES string of the molecule is CCOC(=O)[C@@H]1C[C@@H](C#N)CN1C(=O)OCc1ccccc1. The monoisotopic (exact) mass is 302 g/mol. The number of amides is 1. The zero-order chi connectivity index (χ0) is 15.9. The van der Waals surface area contributed by atoms with Gasteiger partial charge < -0.3 is 9.47 Å².